The van der Waals surface area contributed by atoms with E-state index in [0.29, 0.717) is 19.8 Å². The van der Waals surface area contributed by atoms with Gasteiger partial charge in [0.1, 0.15) is 19.8 Å². The third kappa shape index (κ3) is 9.83. The van der Waals surface area contributed by atoms with Crippen molar-refractivity contribution in [3.8, 4) is 0 Å². The summed E-state index contributed by atoms with van der Waals surface area (Å²) in [5.74, 6) is 0. The van der Waals surface area contributed by atoms with Crippen LogP contribution in [-0.4, -0.2) is 24.7 Å². The van der Waals surface area contributed by atoms with Gasteiger partial charge in [-0.3, -0.25) is 0 Å². The Balaban J connectivity index is 3.49. The summed E-state index contributed by atoms with van der Waals surface area (Å²) in [5.41, 5.74) is 0. The van der Waals surface area contributed by atoms with Crippen molar-refractivity contribution < 1.29 is 14.6 Å². The topological polar surface area (TPSA) is 41.5 Å². The maximum absolute atomic E-state index is 12.0. The van der Waals surface area contributed by atoms with Crippen LogP contribution in [0.25, 0.3) is 0 Å². The van der Waals surface area contributed by atoms with Crippen LogP contribution in [0.15, 0.2) is 0 Å². The monoisotopic (exact) mass is 261 g/mol. The molecule has 0 saturated carbocycles. The highest BCUT2D eigenvalue weighted by atomic mass is 17.2. The number of rotatable bonds is 13. The average Bonchev–Trinajstić information content (AvgIpc) is 2.33. The van der Waals surface area contributed by atoms with E-state index in [0.717, 1.165) is 12.8 Å². The first kappa shape index (κ1) is 17.8. The molecule has 0 spiro atoms. The molecule has 18 heavy (non-hydrogen) atoms. The average molecular weight is 261 g/mol. The van der Waals surface area contributed by atoms with E-state index >= 15 is 0 Å². The fraction of sp³-hybridized carbons (Fsp3) is 1.00. The molecule has 0 aliphatic heterocycles. The van der Waals surface area contributed by atoms with Crippen LogP contribution in [0.1, 0.15) is 72.1 Å². The lowest BCUT2D eigenvalue weighted by Crippen LogP contribution is -2.42. The summed E-state index contributed by atoms with van der Waals surface area (Å²) in [5, 5.41) is 12.0. The van der Waals surface area contributed by atoms with Crippen molar-refractivity contribution in [2.75, 3.05) is 19.8 Å². The van der Waals surface area contributed by atoms with Crippen molar-refractivity contribution in [1.29, 1.82) is 0 Å². The van der Waals surface area contributed by atoms with Gasteiger partial charge in [-0.25, -0.2) is 0 Å². The minimum absolute atomic E-state index is 0.389. The van der Waals surface area contributed by atoms with Crippen LogP contribution in [0.3, 0.4) is 0 Å². The Morgan fingerprint density at radius 2 is 1.17 bits per heavy atom. The van der Waals surface area contributed by atoms with Gasteiger partial charge in [-0.15, -0.1) is 0 Å². The summed E-state index contributed by atoms with van der Waals surface area (Å²) >= 11 is 0. The summed E-state index contributed by atoms with van der Waals surface area (Å²) in [6, 6.07) is 0. The third-order valence-corrected chi connectivity index (χ3v) is 2.94. The molecule has 110 valence electrons. The summed E-state index contributed by atoms with van der Waals surface area (Å²) in [7, 11) is 0. The molecule has 0 heterocycles. The normalized spacial score (nSPS) is 12.0. The number of hydroxylamine groups is 3. The molecule has 0 radical (unpaired) electrons. The second kappa shape index (κ2) is 11.9. The lowest BCUT2D eigenvalue weighted by molar-refractivity contribution is -1.21. The Morgan fingerprint density at radius 3 is 1.61 bits per heavy atom. The van der Waals surface area contributed by atoms with Gasteiger partial charge in [0.25, 0.3) is 0 Å². The number of nitrogens with zero attached hydrogens (tertiary/aromatic N) is 1. The Bertz CT molecular complexity index is 170. The number of hydrogen-bond donors (Lipinski definition) is 0. The van der Waals surface area contributed by atoms with Gasteiger partial charge in [0.15, 0.2) is 0 Å². The van der Waals surface area contributed by atoms with E-state index < -0.39 is 4.97 Å². The van der Waals surface area contributed by atoms with Gasteiger partial charge < -0.3 is 5.21 Å². The second-order valence-electron chi connectivity index (χ2n) is 4.64. The fourth-order valence-corrected chi connectivity index (χ4v) is 2.00. The summed E-state index contributed by atoms with van der Waals surface area (Å²) in [4.78, 5) is 9.24. The van der Waals surface area contributed by atoms with Crippen molar-refractivity contribution in [3.63, 3.8) is 0 Å². The van der Waals surface area contributed by atoms with Crippen LogP contribution < -0.4 is 0 Å². The first-order valence-electron chi connectivity index (χ1n) is 7.56. The first-order chi connectivity index (χ1) is 8.68. The number of hydrogen-bond acceptors (Lipinski definition) is 3. The van der Waals surface area contributed by atoms with Crippen LogP contribution in [0.4, 0.5) is 0 Å². The molecule has 0 aliphatic carbocycles. The zero-order valence-electron chi connectivity index (χ0n) is 12.5. The lowest BCUT2D eigenvalue weighted by atomic mass is 10.1. The lowest BCUT2D eigenvalue weighted by Gasteiger charge is -2.34. The quantitative estimate of drug-likeness (QED) is 0.281. The van der Waals surface area contributed by atoms with Gasteiger partial charge in [0.2, 0.25) is 0 Å². The summed E-state index contributed by atoms with van der Waals surface area (Å²) in [6.07, 6.45) is 9.75. The van der Waals surface area contributed by atoms with E-state index in [1.807, 2.05) is 13.8 Å². The van der Waals surface area contributed by atoms with Crippen LogP contribution in [0.2, 0.25) is 0 Å². The van der Waals surface area contributed by atoms with Gasteiger partial charge in [0, 0.05) is 6.42 Å². The highest BCUT2D eigenvalue weighted by Crippen LogP contribution is 2.13. The molecule has 0 aliphatic rings. The molecule has 4 nitrogen and oxygen atoms in total. The van der Waals surface area contributed by atoms with Crippen molar-refractivity contribution in [3.05, 3.63) is 5.21 Å². The molecule has 0 fully saturated rings. The van der Waals surface area contributed by atoms with E-state index in [1.165, 1.54) is 38.5 Å². The maximum Gasteiger partial charge on any atom is 0.142 e. The smallest absolute Gasteiger partial charge is 0.142 e. The predicted octanol–water partition coefficient (Wildman–Crippen LogP) is 4.34. The van der Waals surface area contributed by atoms with Crippen molar-refractivity contribution in [2.24, 2.45) is 0 Å². The Labute approximate surface area is 112 Å². The molecule has 0 rings (SSSR count). The molecule has 4 heteroatoms. The SMILES string of the molecule is CCCCCCCCCC[N+]([O-])(OCC)OCC. The van der Waals surface area contributed by atoms with E-state index in [-0.39, 0.29) is 0 Å². The first-order valence-corrected chi connectivity index (χ1v) is 7.56. The highest BCUT2D eigenvalue weighted by Gasteiger charge is 2.18. The van der Waals surface area contributed by atoms with Gasteiger partial charge in [-0.1, -0.05) is 50.4 Å². The molecule has 0 saturated heterocycles. The second-order valence-corrected chi connectivity index (χ2v) is 4.64. The minimum Gasteiger partial charge on any atom is -0.564 e. The van der Waals surface area contributed by atoms with Crippen LogP contribution >= 0.6 is 0 Å². The van der Waals surface area contributed by atoms with Crippen LogP contribution in [0, 0.1) is 5.21 Å². The van der Waals surface area contributed by atoms with E-state index in [1.54, 1.807) is 0 Å². The summed E-state index contributed by atoms with van der Waals surface area (Å²) in [6.45, 7) is 7.04. The Kier molecular flexibility index (Phi) is 11.8. The van der Waals surface area contributed by atoms with E-state index in [2.05, 4.69) is 6.92 Å². The molecule has 0 aromatic heterocycles. The molecule has 0 aromatic carbocycles. The predicted molar refractivity (Wildman–Crippen MR) is 74.4 cm³/mol. The zero-order chi connectivity index (χ0) is 13.7. The largest absolute Gasteiger partial charge is 0.564 e. The Hall–Kier alpha value is -0.160. The number of quaternary nitrogens is 1. The van der Waals surface area contributed by atoms with E-state index in [4.69, 9.17) is 9.68 Å². The van der Waals surface area contributed by atoms with Crippen molar-refractivity contribution in [1.82, 2.24) is 0 Å². The van der Waals surface area contributed by atoms with Gasteiger partial charge >= 0.3 is 0 Å². The standard InChI is InChI=1S/C14H31NO3/c1-4-7-8-9-10-11-12-13-14-15(16,17-5-2)18-6-3/h4-14H2,1-3H3. The maximum atomic E-state index is 12.0. The number of unbranched alkanes of at least 4 members (excludes halogenated alkanes) is 7. The van der Waals surface area contributed by atoms with Crippen molar-refractivity contribution in [2.45, 2.75) is 72.1 Å². The third-order valence-electron chi connectivity index (χ3n) is 2.94. The van der Waals surface area contributed by atoms with E-state index in [9.17, 15) is 5.21 Å². The Morgan fingerprint density at radius 1 is 0.722 bits per heavy atom. The molecule has 0 aromatic rings. The molecule has 0 amide bonds. The molecule has 0 N–H and O–H groups in total. The molecule has 0 unspecified atom stereocenters. The van der Waals surface area contributed by atoms with Crippen LogP contribution in [0.5, 0.6) is 0 Å². The minimum atomic E-state index is -0.942. The molecule has 0 bridgehead atoms. The molecule has 0 atom stereocenters. The molecular weight excluding hydrogens is 230 g/mol. The van der Waals surface area contributed by atoms with Gasteiger partial charge in [0.05, 0.1) is 0 Å². The zero-order valence-corrected chi connectivity index (χ0v) is 12.5. The molecular formula is C14H31NO3. The fourth-order valence-electron chi connectivity index (χ4n) is 2.00. The van der Waals surface area contributed by atoms with Gasteiger partial charge in [-0.2, -0.15) is 9.68 Å². The highest BCUT2D eigenvalue weighted by molar-refractivity contribution is 4.45. The van der Waals surface area contributed by atoms with Crippen molar-refractivity contribution >= 4 is 0 Å². The van der Waals surface area contributed by atoms with Gasteiger partial charge in [-0.05, 0) is 20.3 Å². The summed E-state index contributed by atoms with van der Waals surface area (Å²) < 4.78 is 0. The van der Waals surface area contributed by atoms with Crippen LogP contribution in [-0.2, 0) is 9.68 Å².